The van der Waals surface area contributed by atoms with Gasteiger partial charge in [-0.25, -0.2) is 4.39 Å². The van der Waals surface area contributed by atoms with Crippen LogP contribution in [-0.2, 0) is 22.6 Å². The Morgan fingerprint density at radius 1 is 0.861 bits per heavy atom. The van der Waals surface area contributed by atoms with Gasteiger partial charge in [-0.15, -0.1) is 0 Å². The van der Waals surface area contributed by atoms with Crippen LogP contribution in [0.4, 0.5) is 4.39 Å². The number of ether oxygens (including phenoxy) is 1. The maximum Gasteiger partial charge on any atom is 0.261 e. The Hall–Kier alpha value is -4.19. The number of nitrogens with one attached hydrogen (secondary N) is 1. The number of halogens is 1. The van der Waals surface area contributed by atoms with Crippen LogP contribution < -0.4 is 10.1 Å². The molecule has 2 amide bonds. The van der Waals surface area contributed by atoms with Crippen LogP contribution in [0, 0.1) is 5.82 Å². The number of amides is 2. The largest absolute Gasteiger partial charge is 0.483 e. The summed E-state index contributed by atoms with van der Waals surface area (Å²) in [6, 6.07) is 28.2. The summed E-state index contributed by atoms with van der Waals surface area (Å²) in [5.74, 6) is -0.345. The molecular weight excluding hydrogens is 455 g/mol. The van der Waals surface area contributed by atoms with Gasteiger partial charge in [0.15, 0.2) is 6.61 Å². The Morgan fingerprint density at radius 2 is 1.56 bits per heavy atom. The molecule has 0 bridgehead atoms. The molecule has 0 aromatic heterocycles. The molecule has 1 unspecified atom stereocenters. The van der Waals surface area contributed by atoms with Crippen LogP contribution in [0.25, 0.3) is 10.8 Å². The van der Waals surface area contributed by atoms with Gasteiger partial charge in [-0.05, 0) is 41.6 Å². The maximum atomic E-state index is 13.6. The molecule has 0 aliphatic rings. The number of nitrogens with zero attached hydrogens (tertiary/aromatic N) is 1. The van der Waals surface area contributed by atoms with Crippen molar-refractivity contribution in [2.45, 2.75) is 25.9 Å². The van der Waals surface area contributed by atoms with Crippen LogP contribution in [0.15, 0.2) is 97.1 Å². The first-order valence-electron chi connectivity index (χ1n) is 12.0. The number of rotatable bonds is 10. The summed E-state index contributed by atoms with van der Waals surface area (Å²) in [4.78, 5) is 28.3. The van der Waals surface area contributed by atoms with Gasteiger partial charge in [-0.2, -0.15) is 0 Å². The van der Waals surface area contributed by atoms with Gasteiger partial charge in [-0.1, -0.05) is 78.9 Å². The van der Waals surface area contributed by atoms with Gasteiger partial charge >= 0.3 is 0 Å². The summed E-state index contributed by atoms with van der Waals surface area (Å²) in [7, 11) is 0. The first-order chi connectivity index (χ1) is 17.5. The molecular formula is C30H29FN2O3. The molecule has 4 aromatic rings. The Morgan fingerprint density at radius 3 is 2.31 bits per heavy atom. The fraction of sp³-hybridized carbons (Fsp3) is 0.200. The monoisotopic (exact) mass is 484 g/mol. The zero-order chi connectivity index (χ0) is 25.3. The van der Waals surface area contributed by atoms with E-state index in [1.807, 2.05) is 79.7 Å². The van der Waals surface area contributed by atoms with Crippen LogP contribution in [0.1, 0.15) is 18.1 Å². The topological polar surface area (TPSA) is 58.6 Å². The minimum absolute atomic E-state index is 0.145. The van der Waals surface area contributed by atoms with Crippen molar-refractivity contribution in [3.8, 4) is 5.75 Å². The number of carbonyl (C=O) groups excluding carboxylic acids is 2. The lowest BCUT2D eigenvalue weighted by atomic mass is 10.0. The predicted octanol–water partition coefficient (Wildman–Crippen LogP) is 5.13. The average Bonchev–Trinajstić information content (AvgIpc) is 2.91. The van der Waals surface area contributed by atoms with E-state index >= 15 is 0 Å². The number of benzene rings is 4. The van der Waals surface area contributed by atoms with Gasteiger partial charge < -0.3 is 15.0 Å². The summed E-state index contributed by atoms with van der Waals surface area (Å²) in [6.45, 7) is 2.19. The number of carbonyl (C=O) groups is 2. The van der Waals surface area contributed by atoms with E-state index in [1.165, 1.54) is 17.0 Å². The van der Waals surface area contributed by atoms with Gasteiger partial charge in [0.25, 0.3) is 5.91 Å². The van der Waals surface area contributed by atoms with Crippen molar-refractivity contribution in [2.24, 2.45) is 0 Å². The highest BCUT2D eigenvalue weighted by atomic mass is 19.1. The van der Waals surface area contributed by atoms with Gasteiger partial charge in [0.2, 0.25) is 5.91 Å². The van der Waals surface area contributed by atoms with Crippen molar-refractivity contribution in [1.82, 2.24) is 10.2 Å². The molecule has 6 heteroatoms. The van der Waals surface area contributed by atoms with Crippen LogP contribution in [0.5, 0.6) is 5.75 Å². The van der Waals surface area contributed by atoms with Crippen molar-refractivity contribution in [3.05, 3.63) is 114 Å². The predicted molar refractivity (Wildman–Crippen MR) is 139 cm³/mol. The third-order valence-corrected chi connectivity index (χ3v) is 5.99. The molecule has 0 spiro atoms. The molecule has 4 rings (SSSR count). The standard InChI is InChI=1S/C30H29FN2O3/c1-2-32-30(35)27(19-22-9-4-3-5-10-22)33(20-23-15-17-25(31)18-16-23)29(34)21-36-28-14-8-12-24-11-6-7-13-26(24)28/h3-18,27H,2,19-21H2,1H3,(H,32,35). The number of hydrogen-bond donors (Lipinski definition) is 1. The zero-order valence-corrected chi connectivity index (χ0v) is 20.2. The highest BCUT2D eigenvalue weighted by molar-refractivity contribution is 5.90. The number of fused-ring (bicyclic) bond motifs is 1. The summed E-state index contributed by atoms with van der Waals surface area (Å²) in [6.07, 6.45) is 0.341. The van der Waals surface area contributed by atoms with Gasteiger partial charge in [-0.3, -0.25) is 9.59 Å². The summed E-state index contributed by atoms with van der Waals surface area (Å²) >= 11 is 0. The summed E-state index contributed by atoms with van der Waals surface area (Å²) in [5.41, 5.74) is 1.65. The molecule has 1 atom stereocenters. The molecule has 0 saturated heterocycles. The number of hydrogen-bond acceptors (Lipinski definition) is 3. The van der Waals surface area contributed by atoms with Crippen LogP contribution in [0.2, 0.25) is 0 Å². The smallest absolute Gasteiger partial charge is 0.261 e. The van der Waals surface area contributed by atoms with Crippen molar-refractivity contribution >= 4 is 22.6 Å². The third kappa shape index (κ3) is 6.27. The molecule has 4 aromatic carbocycles. The van der Waals surface area contributed by atoms with Crippen molar-refractivity contribution in [1.29, 1.82) is 0 Å². The molecule has 36 heavy (non-hydrogen) atoms. The first-order valence-corrected chi connectivity index (χ1v) is 12.0. The van der Waals surface area contributed by atoms with Crippen molar-refractivity contribution < 1.29 is 18.7 Å². The fourth-order valence-electron chi connectivity index (χ4n) is 4.18. The van der Waals surface area contributed by atoms with E-state index in [2.05, 4.69) is 5.32 Å². The van der Waals surface area contributed by atoms with Gasteiger partial charge in [0, 0.05) is 24.9 Å². The zero-order valence-electron chi connectivity index (χ0n) is 20.2. The molecule has 184 valence electrons. The number of likely N-dealkylation sites (N-methyl/N-ethyl adjacent to an activating group) is 1. The highest BCUT2D eigenvalue weighted by Crippen LogP contribution is 2.25. The van der Waals surface area contributed by atoms with Crippen molar-refractivity contribution in [2.75, 3.05) is 13.2 Å². The van der Waals surface area contributed by atoms with E-state index in [9.17, 15) is 14.0 Å². The van der Waals surface area contributed by atoms with Crippen molar-refractivity contribution in [3.63, 3.8) is 0 Å². The lowest BCUT2D eigenvalue weighted by Crippen LogP contribution is -2.51. The lowest BCUT2D eigenvalue weighted by Gasteiger charge is -2.31. The minimum atomic E-state index is -0.763. The van der Waals surface area contributed by atoms with Gasteiger partial charge in [0.1, 0.15) is 17.6 Å². The Labute approximate surface area is 210 Å². The minimum Gasteiger partial charge on any atom is -0.483 e. The second-order valence-electron chi connectivity index (χ2n) is 8.51. The highest BCUT2D eigenvalue weighted by Gasteiger charge is 2.30. The summed E-state index contributed by atoms with van der Waals surface area (Å²) in [5, 5.41) is 4.77. The molecule has 0 saturated carbocycles. The lowest BCUT2D eigenvalue weighted by molar-refractivity contribution is -0.142. The van der Waals surface area contributed by atoms with E-state index in [1.54, 1.807) is 12.1 Å². The second-order valence-corrected chi connectivity index (χ2v) is 8.51. The average molecular weight is 485 g/mol. The van der Waals surface area contributed by atoms with Gasteiger partial charge in [0.05, 0.1) is 0 Å². The second kappa shape index (κ2) is 12.0. The third-order valence-electron chi connectivity index (χ3n) is 5.99. The Balaban J connectivity index is 1.62. The Bertz CT molecular complexity index is 1300. The van der Waals surface area contributed by atoms with Crippen LogP contribution in [-0.4, -0.2) is 35.9 Å². The van der Waals surface area contributed by atoms with E-state index in [0.29, 0.717) is 18.7 Å². The molecule has 0 radical (unpaired) electrons. The SMILES string of the molecule is CCNC(=O)C(Cc1ccccc1)N(Cc1ccc(F)cc1)C(=O)COc1cccc2ccccc12. The van der Waals surface area contributed by atoms with Crippen LogP contribution >= 0.6 is 0 Å². The molecule has 0 fully saturated rings. The molecule has 0 aliphatic heterocycles. The fourth-order valence-corrected chi connectivity index (χ4v) is 4.18. The molecule has 5 nitrogen and oxygen atoms in total. The molecule has 1 N–H and O–H groups in total. The van der Waals surface area contributed by atoms with E-state index in [-0.39, 0.29) is 30.8 Å². The Kier molecular flexibility index (Phi) is 8.29. The first kappa shape index (κ1) is 24.9. The van der Waals surface area contributed by atoms with E-state index < -0.39 is 6.04 Å². The van der Waals surface area contributed by atoms with E-state index in [4.69, 9.17) is 4.74 Å². The van der Waals surface area contributed by atoms with Crippen LogP contribution in [0.3, 0.4) is 0 Å². The summed E-state index contributed by atoms with van der Waals surface area (Å²) < 4.78 is 19.5. The molecule has 0 aliphatic carbocycles. The quantitative estimate of drug-likeness (QED) is 0.339. The van der Waals surface area contributed by atoms with E-state index in [0.717, 1.165) is 21.9 Å². The maximum absolute atomic E-state index is 13.6. The normalized spacial score (nSPS) is 11.6. The molecule has 0 heterocycles.